The summed E-state index contributed by atoms with van der Waals surface area (Å²) in [4.78, 5) is 12.9. The molecule has 1 fully saturated rings. The Kier molecular flexibility index (Phi) is 4.50. The molecule has 1 heterocycles. The molecule has 0 bridgehead atoms. The van der Waals surface area contributed by atoms with Crippen LogP contribution in [0.4, 0.5) is 0 Å². The molecule has 1 N–H and O–H groups in total. The lowest BCUT2D eigenvalue weighted by Gasteiger charge is -2.16. The van der Waals surface area contributed by atoms with Crippen LogP contribution in [-0.4, -0.2) is 25.6 Å². The van der Waals surface area contributed by atoms with Crippen molar-refractivity contribution in [3.8, 4) is 0 Å². The lowest BCUT2D eigenvalue weighted by atomic mass is 9.95. The molecule has 3 rings (SSSR count). The standard InChI is InChI=1S/C16H17ClN2O4S/c1-9(19-24(2,21)22)13-7-11(17)5-6-12(13)15(20)14-8-18-23-16(14)10-3-4-10/h5-10,19H,3-4H2,1-2H3. The van der Waals surface area contributed by atoms with E-state index in [4.69, 9.17) is 16.1 Å². The normalized spacial score (nSPS) is 16.1. The van der Waals surface area contributed by atoms with E-state index in [1.54, 1.807) is 25.1 Å². The number of nitrogens with one attached hydrogen (secondary N) is 1. The van der Waals surface area contributed by atoms with Gasteiger partial charge in [-0.1, -0.05) is 16.8 Å². The summed E-state index contributed by atoms with van der Waals surface area (Å²) >= 11 is 6.03. The highest BCUT2D eigenvalue weighted by molar-refractivity contribution is 7.88. The van der Waals surface area contributed by atoms with Crippen molar-refractivity contribution in [2.75, 3.05) is 6.26 Å². The van der Waals surface area contributed by atoms with Gasteiger partial charge in [-0.2, -0.15) is 0 Å². The number of hydrogen-bond acceptors (Lipinski definition) is 5. The van der Waals surface area contributed by atoms with Crippen LogP contribution < -0.4 is 4.72 Å². The van der Waals surface area contributed by atoms with Crippen LogP contribution in [0.15, 0.2) is 28.9 Å². The number of nitrogens with zero attached hydrogens (tertiary/aromatic N) is 1. The lowest BCUT2D eigenvalue weighted by Crippen LogP contribution is -2.26. The Morgan fingerprint density at radius 3 is 2.71 bits per heavy atom. The molecule has 0 saturated heterocycles. The minimum Gasteiger partial charge on any atom is -0.360 e. The van der Waals surface area contributed by atoms with Gasteiger partial charge in [-0.15, -0.1) is 0 Å². The third-order valence-corrected chi connectivity index (χ3v) is 4.92. The molecule has 1 aliphatic rings. The summed E-state index contributed by atoms with van der Waals surface area (Å²) in [6.07, 6.45) is 4.45. The zero-order chi connectivity index (χ0) is 17.5. The van der Waals surface area contributed by atoms with Crippen LogP contribution in [0.25, 0.3) is 0 Å². The van der Waals surface area contributed by atoms with E-state index in [-0.39, 0.29) is 11.7 Å². The number of rotatable bonds is 6. The first-order valence-corrected chi connectivity index (χ1v) is 9.79. The van der Waals surface area contributed by atoms with Gasteiger partial charge in [-0.25, -0.2) is 13.1 Å². The van der Waals surface area contributed by atoms with E-state index < -0.39 is 16.1 Å². The lowest BCUT2D eigenvalue weighted by molar-refractivity contribution is 0.103. The number of sulfonamides is 1. The van der Waals surface area contributed by atoms with E-state index in [2.05, 4.69) is 9.88 Å². The Hall–Kier alpha value is -1.70. The Balaban J connectivity index is 2.01. The molecular formula is C16H17ClN2O4S. The zero-order valence-electron chi connectivity index (χ0n) is 13.2. The third-order valence-electron chi connectivity index (χ3n) is 3.91. The van der Waals surface area contributed by atoms with Gasteiger partial charge < -0.3 is 4.52 Å². The summed E-state index contributed by atoms with van der Waals surface area (Å²) in [5.74, 6) is 0.602. The Bertz CT molecular complexity index is 887. The number of carbonyl (C=O) groups is 1. The number of benzene rings is 1. The van der Waals surface area contributed by atoms with E-state index in [0.717, 1.165) is 19.1 Å². The van der Waals surface area contributed by atoms with Crippen molar-refractivity contribution in [3.05, 3.63) is 51.9 Å². The first-order chi connectivity index (χ1) is 11.3. The predicted octanol–water partition coefficient (Wildman–Crippen LogP) is 3.05. The second kappa shape index (κ2) is 6.31. The molecule has 0 amide bonds. The quantitative estimate of drug-likeness (QED) is 0.791. The van der Waals surface area contributed by atoms with Crippen LogP contribution >= 0.6 is 11.6 Å². The van der Waals surface area contributed by atoms with Crippen molar-refractivity contribution in [2.45, 2.75) is 31.7 Å². The van der Waals surface area contributed by atoms with Gasteiger partial charge >= 0.3 is 0 Å². The van der Waals surface area contributed by atoms with Gasteiger partial charge in [0.05, 0.1) is 18.0 Å². The molecule has 0 aliphatic heterocycles. The smallest absolute Gasteiger partial charge is 0.209 e. The average molecular weight is 369 g/mol. The van der Waals surface area contributed by atoms with Crippen molar-refractivity contribution in [3.63, 3.8) is 0 Å². The van der Waals surface area contributed by atoms with Gasteiger partial charge in [0, 0.05) is 22.5 Å². The molecule has 1 unspecified atom stereocenters. The Morgan fingerprint density at radius 1 is 1.38 bits per heavy atom. The fourth-order valence-corrected chi connectivity index (χ4v) is 3.64. The molecule has 8 heteroatoms. The first-order valence-electron chi connectivity index (χ1n) is 7.52. The number of ketones is 1. The molecule has 1 aromatic carbocycles. The van der Waals surface area contributed by atoms with Crippen LogP contribution in [0.2, 0.25) is 5.02 Å². The zero-order valence-corrected chi connectivity index (χ0v) is 14.8. The minimum absolute atomic E-state index is 0.244. The van der Waals surface area contributed by atoms with Crippen LogP contribution in [0.1, 0.15) is 59.0 Å². The van der Waals surface area contributed by atoms with Crippen molar-refractivity contribution >= 4 is 27.4 Å². The molecule has 1 saturated carbocycles. The van der Waals surface area contributed by atoms with Crippen molar-refractivity contribution in [1.29, 1.82) is 0 Å². The minimum atomic E-state index is -3.43. The number of halogens is 1. The van der Waals surface area contributed by atoms with Crippen molar-refractivity contribution < 1.29 is 17.7 Å². The SMILES string of the molecule is CC(NS(C)(=O)=O)c1cc(Cl)ccc1C(=O)c1cnoc1C1CC1. The molecule has 6 nitrogen and oxygen atoms in total. The monoisotopic (exact) mass is 368 g/mol. The average Bonchev–Trinajstić information content (AvgIpc) is 3.22. The predicted molar refractivity (Wildman–Crippen MR) is 89.8 cm³/mol. The second-order valence-corrected chi connectivity index (χ2v) is 8.27. The summed E-state index contributed by atoms with van der Waals surface area (Å²) in [7, 11) is -3.43. The van der Waals surface area contributed by atoms with Gasteiger partial charge in [0.1, 0.15) is 0 Å². The summed E-state index contributed by atoms with van der Waals surface area (Å²) in [6.45, 7) is 1.67. The van der Waals surface area contributed by atoms with E-state index in [1.807, 2.05) is 0 Å². The van der Waals surface area contributed by atoms with E-state index in [1.165, 1.54) is 6.20 Å². The van der Waals surface area contributed by atoms with Crippen LogP contribution in [0, 0.1) is 0 Å². The second-order valence-electron chi connectivity index (χ2n) is 6.05. The van der Waals surface area contributed by atoms with Gasteiger partial charge in [-0.05, 0) is 43.5 Å². The van der Waals surface area contributed by atoms with Crippen molar-refractivity contribution in [1.82, 2.24) is 9.88 Å². The maximum absolute atomic E-state index is 12.9. The number of carbonyl (C=O) groups excluding carboxylic acids is 1. The molecule has 2 aromatic rings. The molecule has 1 aromatic heterocycles. The maximum Gasteiger partial charge on any atom is 0.209 e. The van der Waals surface area contributed by atoms with Crippen LogP contribution in [0.3, 0.4) is 0 Å². The molecule has 128 valence electrons. The molecule has 24 heavy (non-hydrogen) atoms. The highest BCUT2D eigenvalue weighted by atomic mass is 35.5. The molecule has 1 aliphatic carbocycles. The Labute approximate surface area is 145 Å². The largest absolute Gasteiger partial charge is 0.360 e. The van der Waals surface area contributed by atoms with Gasteiger partial charge in [0.15, 0.2) is 11.5 Å². The molecule has 1 atom stereocenters. The number of aromatic nitrogens is 1. The first kappa shape index (κ1) is 17.1. The Morgan fingerprint density at radius 2 is 2.08 bits per heavy atom. The molecule has 0 radical (unpaired) electrons. The highest BCUT2D eigenvalue weighted by Crippen LogP contribution is 2.42. The topological polar surface area (TPSA) is 89.3 Å². The van der Waals surface area contributed by atoms with Crippen molar-refractivity contribution in [2.24, 2.45) is 0 Å². The summed E-state index contributed by atoms with van der Waals surface area (Å²) in [5.41, 5.74) is 1.32. The fourth-order valence-electron chi connectivity index (χ4n) is 2.69. The van der Waals surface area contributed by atoms with Gasteiger partial charge in [0.2, 0.25) is 10.0 Å². The summed E-state index contributed by atoms with van der Waals surface area (Å²) < 4.78 is 30.7. The maximum atomic E-state index is 12.9. The van der Waals surface area contributed by atoms with Gasteiger partial charge in [-0.3, -0.25) is 4.79 Å². The fraction of sp³-hybridized carbons (Fsp3) is 0.375. The van der Waals surface area contributed by atoms with E-state index in [9.17, 15) is 13.2 Å². The summed E-state index contributed by atoms with van der Waals surface area (Å²) in [6, 6.07) is 4.21. The third kappa shape index (κ3) is 3.68. The van der Waals surface area contributed by atoms with Crippen LogP contribution in [-0.2, 0) is 10.0 Å². The molecule has 0 spiro atoms. The van der Waals surface area contributed by atoms with E-state index in [0.29, 0.717) is 27.5 Å². The highest BCUT2D eigenvalue weighted by Gasteiger charge is 2.33. The number of hydrogen-bond donors (Lipinski definition) is 1. The summed E-state index contributed by atoms with van der Waals surface area (Å²) in [5, 5.41) is 4.18. The van der Waals surface area contributed by atoms with Gasteiger partial charge in [0.25, 0.3) is 0 Å². The van der Waals surface area contributed by atoms with Crippen LogP contribution in [0.5, 0.6) is 0 Å². The van der Waals surface area contributed by atoms with E-state index >= 15 is 0 Å². The molecular weight excluding hydrogens is 352 g/mol.